The van der Waals surface area contributed by atoms with E-state index in [2.05, 4.69) is 10.6 Å². The van der Waals surface area contributed by atoms with Gasteiger partial charge in [-0.15, -0.1) is 0 Å². The second-order valence-electron chi connectivity index (χ2n) is 7.58. The Morgan fingerprint density at radius 2 is 1.74 bits per heavy atom. The van der Waals surface area contributed by atoms with Crippen LogP contribution in [-0.4, -0.2) is 32.9 Å². The predicted molar refractivity (Wildman–Crippen MR) is 141 cm³/mol. The lowest BCUT2D eigenvalue weighted by Gasteiger charge is -2.12. The zero-order valence-corrected chi connectivity index (χ0v) is 20.6. The third kappa shape index (κ3) is 6.98. The number of methoxy groups -OCH3 is 1. The van der Waals surface area contributed by atoms with Crippen molar-refractivity contribution in [3.05, 3.63) is 95.0 Å². The molecule has 0 bridgehead atoms. The summed E-state index contributed by atoms with van der Waals surface area (Å²) in [6.07, 6.45) is 0.653. The third-order valence-electron chi connectivity index (χ3n) is 5.08. The first-order valence-electron chi connectivity index (χ1n) is 11.0. The lowest BCUT2D eigenvalue weighted by molar-refractivity contribution is -0.107. The van der Waals surface area contributed by atoms with Gasteiger partial charge in [-0.2, -0.15) is 0 Å². The Morgan fingerprint density at radius 3 is 2.49 bits per heavy atom. The molecule has 1 amide bonds. The normalized spacial score (nSPS) is 10.1. The molecule has 6 nitrogen and oxygen atoms in total. The van der Waals surface area contributed by atoms with E-state index in [1.165, 1.54) is 0 Å². The summed E-state index contributed by atoms with van der Waals surface area (Å²) in [5.41, 5.74) is 2.60. The van der Waals surface area contributed by atoms with Gasteiger partial charge in [-0.05, 0) is 65.7 Å². The average molecular weight is 491 g/mol. The zero-order valence-electron chi connectivity index (χ0n) is 19.8. The number of aldehydes is 1. The minimum Gasteiger partial charge on any atom is -0.497 e. The van der Waals surface area contributed by atoms with Crippen LogP contribution in [-0.2, 0) is 4.79 Å². The topological polar surface area (TPSA) is 76.7 Å². The fourth-order valence-corrected chi connectivity index (χ4v) is 3.64. The van der Waals surface area contributed by atoms with Gasteiger partial charge < -0.3 is 24.9 Å². The molecule has 0 aliphatic carbocycles. The van der Waals surface area contributed by atoms with Crippen LogP contribution in [0.25, 0.3) is 10.8 Å². The predicted octanol–water partition coefficient (Wildman–Crippen LogP) is 6.26. The van der Waals surface area contributed by atoms with E-state index in [1.807, 2.05) is 62.5 Å². The maximum absolute atomic E-state index is 11.8. The second-order valence-corrected chi connectivity index (χ2v) is 8.02. The third-order valence-corrected chi connectivity index (χ3v) is 5.31. The number of amides is 1. The van der Waals surface area contributed by atoms with Crippen molar-refractivity contribution in [3.63, 3.8) is 0 Å². The van der Waals surface area contributed by atoms with Gasteiger partial charge in [-0.3, -0.25) is 4.79 Å². The minimum atomic E-state index is -0.259. The first-order valence-corrected chi connectivity index (χ1v) is 11.3. The number of rotatable bonds is 7. The zero-order chi connectivity index (χ0) is 25.2. The molecule has 0 aliphatic rings. The van der Waals surface area contributed by atoms with Crippen LogP contribution in [0.5, 0.6) is 17.2 Å². The first-order chi connectivity index (χ1) is 16.9. The molecule has 2 N–H and O–H groups in total. The Bertz CT molecular complexity index is 1320. The Hall–Kier alpha value is -4.03. The lowest BCUT2D eigenvalue weighted by atomic mass is 10.0. The number of halogens is 1. The monoisotopic (exact) mass is 490 g/mol. The summed E-state index contributed by atoms with van der Waals surface area (Å²) in [6, 6.07) is 24.4. The molecule has 35 heavy (non-hydrogen) atoms. The van der Waals surface area contributed by atoms with E-state index in [1.54, 1.807) is 37.4 Å². The van der Waals surface area contributed by atoms with E-state index >= 15 is 0 Å². The number of carbonyl (C=O) groups is 2. The van der Waals surface area contributed by atoms with E-state index < -0.39 is 0 Å². The van der Waals surface area contributed by atoms with Crippen LogP contribution in [0.3, 0.4) is 0 Å². The number of anilines is 1. The van der Waals surface area contributed by atoms with Gasteiger partial charge >= 0.3 is 0 Å². The highest BCUT2D eigenvalue weighted by atomic mass is 35.5. The molecule has 0 radical (unpaired) electrons. The van der Waals surface area contributed by atoms with Crippen molar-refractivity contribution in [2.24, 2.45) is 0 Å². The van der Waals surface area contributed by atoms with Gasteiger partial charge in [0, 0.05) is 23.7 Å². The van der Waals surface area contributed by atoms with Gasteiger partial charge in [0.1, 0.15) is 23.5 Å². The molecule has 0 aliphatic heterocycles. The van der Waals surface area contributed by atoms with Crippen molar-refractivity contribution < 1.29 is 19.1 Å². The minimum absolute atomic E-state index is 0.0167. The molecule has 0 aromatic heterocycles. The summed E-state index contributed by atoms with van der Waals surface area (Å²) < 4.78 is 11.1. The highest BCUT2D eigenvalue weighted by Crippen LogP contribution is 2.31. The SMILES string of the molecule is CNc1ccccc1Oc1cc(C)cc(OC)c1.O=CCNC(=O)c1cccc2cc(Cl)ccc12. The number of nitrogens with one attached hydrogen (secondary N) is 2. The van der Waals surface area contributed by atoms with Crippen molar-refractivity contribution in [2.45, 2.75) is 6.92 Å². The molecule has 0 spiro atoms. The van der Waals surface area contributed by atoms with Crippen molar-refractivity contribution >= 4 is 40.3 Å². The van der Waals surface area contributed by atoms with Gasteiger partial charge in [-0.25, -0.2) is 0 Å². The molecule has 180 valence electrons. The number of ether oxygens (including phenoxy) is 2. The molecule has 0 unspecified atom stereocenters. The standard InChI is InChI=1S/C15H17NO2.C13H10ClNO2/c1-11-8-12(17-3)10-13(9-11)18-15-7-5-4-6-14(15)16-2;14-10-4-5-11-9(8-10)2-1-3-12(11)13(17)15-6-7-16/h4-10,16H,1-3H3;1-5,7-8H,6H2,(H,15,17). The Balaban J connectivity index is 0.000000196. The second kappa shape index (κ2) is 12.4. The van der Waals surface area contributed by atoms with Gasteiger partial charge in [-0.1, -0.05) is 41.9 Å². The van der Waals surface area contributed by atoms with Crippen molar-refractivity contribution in [1.82, 2.24) is 5.32 Å². The molecule has 7 heteroatoms. The summed E-state index contributed by atoms with van der Waals surface area (Å²) >= 11 is 5.89. The fraction of sp³-hybridized carbons (Fsp3) is 0.143. The maximum Gasteiger partial charge on any atom is 0.252 e. The van der Waals surface area contributed by atoms with E-state index in [-0.39, 0.29) is 12.5 Å². The fourth-order valence-electron chi connectivity index (χ4n) is 3.46. The number of hydrogen-bond acceptors (Lipinski definition) is 5. The van der Waals surface area contributed by atoms with Gasteiger partial charge in [0.05, 0.1) is 19.3 Å². The Kier molecular flexibility index (Phi) is 9.09. The van der Waals surface area contributed by atoms with E-state index in [0.29, 0.717) is 16.9 Å². The van der Waals surface area contributed by atoms with Crippen LogP contribution < -0.4 is 20.1 Å². The quantitative estimate of drug-likeness (QED) is 0.299. The average Bonchev–Trinajstić information content (AvgIpc) is 2.87. The summed E-state index contributed by atoms with van der Waals surface area (Å²) in [5, 5.41) is 7.96. The molecule has 0 atom stereocenters. The van der Waals surface area contributed by atoms with Crippen LogP contribution in [0, 0.1) is 6.92 Å². The van der Waals surface area contributed by atoms with Crippen LogP contribution in [0.1, 0.15) is 15.9 Å². The lowest BCUT2D eigenvalue weighted by Crippen LogP contribution is -2.25. The van der Waals surface area contributed by atoms with Crippen molar-refractivity contribution in [3.8, 4) is 17.2 Å². The molecular weight excluding hydrogens is 464 g/mol. The molecule has 0 fully saturated rings. The number of fused-ring (bicyclic) bond motifs is 1. The highest BCUT2D eigenvalue weighted by Gasteiger charge is 2.09. The molecular formula is C28H27ClN2O4. The number of benzene rings is 4. The maximum atomic E-state index is 11.8. The summed E-state index contributed by atoms with van der Waals surface area (Å²) in [4.78, 5) is 22.0. The van der Waals surface area contributed by atoms with E-state index in [4.69, 9.17) is 21.1 Å². The van der Waals surface area contributed by atoms with Crippen LogP contribution in [0.2, 0.25) is 5.02 Å². The number of aryl methyl sites for hydroxylation is 1. The van der Waals surface area contributed by atoms with E-state index in [9.17, 15) is 9.59 Å². The molecule has 0 saturated heterocycles. The summed E-state index contributed by atoms with van der Waals surface area (Å²) in [5.74, 6) is 2.11. The number of carbonyl (C=O) groups excluding carboxylic acids is 2. The van der Waals surface area contributed by atoms with Crippen LogP contribution in [0.4, 0.5) is 5.69 Å². The molecule has 4 aromatic carbocycles. The Morgan fingerprint density at radius 1 is 0.971 bits per heavy atom. The van der Waals surface area contributed by atoms with E-state index in [0.717, 1.165) is 39.3 Å². The first kappa shape index (κ1) is 25.6. The van der Waals surface area contributed by atoms with Crippen LogP contribution >= 0.6 is 11.6 Å². The molecule has 0 saturated carbocycles. The van der Waals surface area contributed by atoms with Crippen molar-refractivity contribution in [1.29, 1.82) is 0 Å². The molecule has 4 rings (SSSR count). The van der Waals surface area contributed by atoms with Crippen LogP contribution in [0.15, 0.2) is 78.9 Å². The Labute approximate surface area is 209 Å². The van der Waals surface area contributed by atoms with Gasteiger partial charge in [0.15, 0.2) is 0 Å². The summed E-state index contributed by atoms with van der Waals surface area (Å²) in [7, 11) is 3.53. The molecule has 0 heterocycles. The summed E-state index contributed by atoms with van der Waals surface area (Å²) in [6.45, 7) is 2.03. The largest absolute Gasteiger partial charge is 0.497 e. The smallest absolute Gasteiger partial charge is 0.252 e. The number of hydrogen-bond donors (Lipinski definition) is 2. The van der Waals surface area contributed by atoms with Gasteiger partial charge in [0.25, 0.3) is 5.91 Å². The highest BCUT2D eigenvalue weighted by molar-refractivity contribution is 6.31. The van der Waals surface area contributed by atoms with Crippen molar-refractivity contribution in [2.75, 3.05) is 26.0 Å². The number of para-hydroxylation sites is 2. The van der Waals surface area contributed by atoms with Gasteiger partial charge in [0.2, 0.25) is 0 Å². The molecule has 4 aromatic rings.